The molecule has 0 rings (SSSR count). The summed E-state index contributed by atoms with van der Waals surface area (Å²) in [5, 5.41) is 8.35. The van der Waals surface area contributed by atoms with Gasteiger partial charge in [0.25, 0.3) is 0 Å². The number of rotatable bonds is 5. The summed E-state index contributed by atoms with van der Waals surface area (Å²) in [5.74, 6) is -0.859. The molecule has 0 aromatic heterocycles. The molecule has 2 heteroatoms. The van der Waals surface area contributed by atoms with Crippen molar-refractivity contribution in [2.75, 3.05) is 0 Å². The Morgan fingerprint density at radius 2 is 2.08 bits per heavy atom. The summed E-state index contributed by atoms with van der Waals surface area (Å²) in [6.07, 6.45) is 6.08. The number of hydrogen-bond donors (Lipinski definition) is 1. The van der Waals surface area contributed by atoms with Crippen LogP contribution in [-0.4, -0.2) is 11.1 Å². The highest BCUT2D eigenvalue weighted by Crippen LogP contribution is 2.26. The summed E-state index contributed by atoms with van der Waals surface area (Å²) in [6, 6.07) is 0. The molecule has 0 spiro atoms. The van der Waals surface area contributed by atoms with Gasteiger partial charge in [-0.15, -0.1) is 0 Å². The van der Waals surface area contributed by atoms with Crippen molar-refractivity contribution in [1.29, 1.82) is 0 Å². The molecule has 0 aliphatic rings. The fourth-order valence-corrected chi connectivity index (χ4v) is 1.26. The maximum Gasteiger partial charge on any atom is 0.327 e. The highest BCUT2D eigenvalue weighted by Gasteiger charge is 2.13. The van der Waals surface area contributed by atoms with E-state index in [-0.39, 0.29) is 5.41 Å². The number of carboxylic acid groups (broad SMARTS) is 1. The van der Waals surface area contributed by atoms with Crippen molar-refractivity contribution >= 4 is 5.97 Å². The first-order chi connectivity index (χ1) is 5.48. The molecule has 0 fully saturated rings. The lowest BCUT2D eigenvalue weighted by molar-refractivity contribution is -0.131. The van der Waals surface area contributed by atoms with Crippen LogP contribution >= 0.6 is 0 Å². The number of carboxylic acids is 1. The minimum Gasteiger partial charge on any atom is -0.478 e. The average Bonchev–Trinajstić information content (AvgIpc) is 1.85. The fourth-order valence-electron chi connectivity index (χ4n) is 1.26. The van der Waals surface area contributed by atoms with Crippen LogP contribution in [0.2, 0.25) is 0 Å². The summed E-state index contributed by atoms with van der Waals surface area (Å²) >= 11 is 0. The Labute approximate surface area is 74.3 Å². The van der Waals surface area contributed by atoms with Gasteiger partial charge in [-0.3, -0.25) is 0 Å². The zero-order valence-electron chi connectivity index (χ0n) is 8.13. The summed E-state index contributed by atoms with van der Waals surface area (Å²) in [5.41, 5.74) is 0.237. The Bertz CT molecular complexity index is 169. The van der Waals surface area contributed by atoms with Crippen LogP contribution in [0.25, 0.3) is 0 Å². The third-order valence-corrected chi connectivity index (χ3v) is 1.86. The first-order valence-corrected chi connectivity index (χ1v) is 4.37. The molecule has 0 saturated carbocycles. The molecule has 2 nitrogen and oxygen atoms in total. The van der Waals surface area contributed by atoms with Crippen LogP contribution in [0.1, 0.15) is 40.0 Å². The van der Waals surface area contributed by atoms with Crippen molar-refractivity contribution in [3.63, 3.8) is 0 Å². The SMILES string of the molecule is CCCC(C)(C)CC=CC(=O)O. The maximum atomic E-state index is 10.2. The number of aliphatic carboxylic acids is 1. The largest absolute Gasteiger partial charge is 0.478 e. The van der Waals surface area contributed by atoms with Gasteiger partial charge in [0.2, 0.25) is 0 Å². The Kier molecular flexibility index (Phi) is 4.64. The van der Waals surface area contributed by atoms with Crippen LogP contribution in [0.3, 0.4) is 0 Å². The van der Waals surface area contributed by atoms with Gasteiger partial charge in [-0.1, -0.05) is 33.3 Å². The average molecular weight is 170 g/mol. The van der Waals surface area contributed by atoms with Crippen molar-refractivity contribution in [2.24, 2.45) is 5.41 Å². The second-order valence-electron chi connectivity index (χ2n) is 3.86. The van der Waals surface area contributed by atoms with Crippen LogP contribution < -0.4 is 0 Å². The number of hydrogen-bond acceptors (Lipinski definition) is 1. The first-order valence-electron chi connectivity index (χ1n) is 4.37. The van der Waals surface area contributed by atoms with Gasteiger partial charge in [-0.25, -0.2) is 4.79 Å². The topological polar surface area (TPSA) is 37.3 Å². The predicted molar refractivity (Wildman–Crippen MR) is 50.1 cm³/mol. The van der Waals surface area contributed by atoms with Gasteiger partial charge in [0.15, 0.2) is 0 Å². The van der Waals surface area contributed by atoms with Gasteiger partial charge in [-0.2, -0.15) is 0 Å². The van der Waals surface area contributed by atoms with Gasteiger partial charge in [-0.05, 0) is 18.3 Å². The second-order valence-corrected chi connectivity index (χ2v) is 3.86. The van der Waals surface area contributed by atoms with E-state index in [1.54, 1.807) is 6.08 Å². The van der Waals surface area contributed by atoms with Crippen molar-refractivity contribution in [2.45, 2.75) is 40.0 Å². The summed E-state index contributed by atoms with van der Waals surface area (Å²) in [4.78, 5) is 10.2. The van der Waals surface area contributed by atoms with Crippen molar-refractivity contribution in [3.8, 4) is 0 Å². The lowest BCUT2D eigenvalue weighted by atomic mass is 9.84. The highest BCUT2D eigenvalue weighted by atomic mass is 16.4. The van der Waals surface area contributed by atoms with E-state index in [1.807, 2.05) is 0 Å². The molecule has 0 unspecified atom stereocenters. The van der Waals surface area contributed by atoms with E-state index in [1.165, 1.54) is 6.08 Å². The Morgan fingerprint density at radius 3 is 2.50 bits per heavy atom. The third-order valence-electron chi connectivity index (χ3n) is 1.86. The molecule has 0 heterocycles. The normalized spacial score (nSPS) is 12.2. The van der Waals surface area contributed by atoms with Gasteiger partial charge in [0.1, 0.15) is 0 Å². The molecule has 0 aliphatic carbocycles. The van der Waals surface area contributed by atoms with Crippen LogP contribution in [0.15, 0.2) is 12.2 Å². The standard InChI is InChI=1S/C10H18O2/c1-4-7-10(2,3)8-5-6-9(11)12/h5-6H,4,7-8H2,1-3H3,(H,11,12). The number of carbonyl (C=O) groups is 1. The van der Waals surface area contributed by atoms with Crippen molar-refractivity contribution in [3.05, 3.63) is 12.2 Å². The smallest absolute Gasteiger partial charge is 0.327 e. The van der Waals surface area contributed by atoms with Gasteiger partial charge in [0.05, 0.1) is 0 Å². The van der Waals surface area contributed by atoms with Crippen LogP contribution in [0.5, 0.6) is 0 Å². The lowest BCUT2D eigenvalue weighted by Gasteiger charge is -2.21. The molecular formula is C10H18O2. The minimum atomic E-state index is -0.859. The lowest BCUT2D eigenvalue weighted by Crippen LogP contribution is -2.09. The van der Waals surface area contributed by atoms with Gasteiger partial charge >= 0.3 is 5.97 Å². The summed E-state index contributed by atoms with van der Waals surface area (Å²) in [7, 11) is 0. The molecule has 0 amide bonds. The van der Waals surface area contributed by atoms with Crippen LogP contribution in [0, 0.1) is 5.41 Å². The van der Waals surface area contributed by atoms with E-state index in [4.69, 9.17) is 5.11 Å². The third kappa shape index (κ3) is 5.96. The van der Waals surface area contributed by atoms with E-state index in [2.05, 4.69) is 20.8 Å². The quantitative estimate of drug-likeness (QED) is 0.644. The molecule has 0 radical (unpaired) electrons. The molecule has 0 aromatic rings. The van der Waals surface area contributed by atoms with Gasteiger partial charge in [0, 0.05) is 6.08 Å². The van der Waals surface area contributed by atoms with Gasteiger partial charge < -0.3 is 5.11 Å². The Hall–Kier alpha value is -0.790. The number of allylic oxidation sites excluding steroid dienone is 1. The van der Waals surface area contributed by atoms with Crippen LogP contribution in [0.4, 0.5) is 0 Å². The Balaban J connectivity index is 3.82. The van der Waals surface area contributed by atoms with E-state index < -0.39 is 5.97 Å². The molecule has 0 bridgehead atoms. The Morgan fingerprint density at radius 1 is 1.50 bits per heavy atom. The van der Waals surface area contributed by atoms with Crippen LogP contribution in [-0.2, 0) is 4.79 Å². The molecule has 70 valence electrons. The van der Waals surface area contributed by atoms with E-state index in [9.17, 15) is 4.79 Å². The first kappa shape index (κ1) is 11.2. The zero-order chi connectivity index (χ0) is 9.61. The molecular weight excluding hydrogens is 152 g/mol. The predicted octanol–water partition coefficient (Wildman–Crippen LogP) is 2.84. The molecule has 0 aromatic carbocycles. The van der Waals surface area contributed by atoms with E-state index in [0.29, 0.717) is 0 Å². The highest BCUT2D eigenvalue weighted by molar-refractivity contribution is 5.79. The van der Waals surface area contributed by atoms with E-state index in [0.717, 1.165) is 19.3 Å². The molecule has 1 N–H and O–H groups in total. The minimum absolute atomic E-state index is 0.237. The van der Waals surface area contributed by atoms with Crippen molar-refractivity contribution in [1.82, 2.24) is 0 Å². The fraction of sp³-hybridized carbons (Fsp3) is 0.700. The summed E-state index contributed by atoms with van der Waals surface area (Å²) < 4.78 is 0. The summed E-state index contributed by atoms with van der Waals surface area (Å²) in [6.45, 7) is 6.45. The van der Waals surface area contributed by atoms with Crippen molar-refractivity contribution < 1.29 is 9.90 Å². The maximum absolute atomic E-state index is 10.2. The molecule has 0 saturated heterocycles. The monoisotopic (exact) mass is 170 g/mol. The second kappa shape index (κ2) is 4.96. The molecule has 0 aliphatic heterocycles. The van der Waals surface area contributed by atoms with E-state index >= 15 is 0 Å². The molecule has 12 heavy (non-hydrogen) atoms. The molecule has 0 atom stereocenters. The zero-order valence-corrected chi connectivity index (χ0v) is 8.13.